The van der Waals surface area contributed by atoms with Crippen LogP contribution in [0.2, 0.25) is 5.02 Å². The predicted molar refractivity (Wildman–Crippen MR) is 127 cm³/mol. The number of halogens is 3. The van der Waals surface area contributed by atoms with E-state index in [0.29, 0.717) is 41.7 Å². The van der Waals surface area contributed by atoms with Gasteiger partial charge in [-0.2, -0.15) is 0 Å². The Bertz CT molecular complexity index is 1080. The number of anilines is 2. The van der Waals surface area contributed by atoms with Gasteiger partial charge in [-0.1, -0.05) is 24.9 Å². The standard InChI is InChI=1S/C23H24BrClFN3O3/c1-2-3-22(24)32-21-12-19-16(11-20(21)31-15-6-8-30-9-7-15)23(28-13-27-19)29-14-4-5-18(26)17(25)10-14/h4-5,10-13,15,22H,2-3,6-9H2,1H3,(H,27,28,29). The van der Waals surface area contributed by atoms with E-state index in [4.69, 9.17) is 25.8 Å². The van der Waals surface area contributed by atoms with Gasteiger partial charge in [0.15, 0.2) is 16.5 Å². The van der Waals surface area contributed by atoms with E-state index < -0.39 is 5.82 Å². The average Bonchev–Trinajstić information content (AvgIpc) is 2.78. The number of hydrogen-bond donors (Lipinski definition) is 1. The number of hydrogen-bond acceptors (Lipinski definition) is 6. The molecular formula is C23H24BrClFN3O3. The van der Waals surface area contributed by atoms with Crippen molar-refractivity contribution < 1.29 is 18.6 Å². The Morgan fingerprint density at radius 2 is 2.03 bits per heavy atom. The van der Waals surface area contributed by atoms with Gasteiger partial charge in [-0.15, -0.1) is 0 Å². The largest absolute Gasteiger partial charge is 0.486 e. The van der Waals surface area contributed by atoms with Crippen molar-refractivity contribution in [2.75, 3.05) is 18.5 Å². The third kappa shape index (κ3) is 5.60. The van der Waals surface area contributed by atoms with Crippen LogP contribution in [0.1, 0.15) is 32.6 Å². The summed E-state index contributed by atoms with van der Waals surface area (Å²) in [6, 6.07) is 8.18. The highest BCUT2D eigenvalue weighted by Crippen LogP contribution is 2.38. The molecule has 1 fully saturated rings. The van der Waals surface area contributed by atoms with Gasteiger partial charge in [0.25, 0.3) is 0 Å². The molecule has 0 saturated carbocycles. The molecule has 1 aromatic heterocycles. The Morgan fingerprint density at radius 3 is 2.78 bits per heavy atom. The maximum atomic E-state index is 13.5. The van der Waals surface area contributed by atoms with Crippen molar-refractivity contribution in [3.05, 3.63) is 47.5 Å². The number of benzene rings is 2. The van der Waals surface area contributed by atoms with E-state index >= 15 is 0 Å². The SMILES string of the molecule is CCCC(Br)Oc1cc2ncnc(Nc3ccc(F)c(Cl)c3)c2cc1OC1CCOCC1. The minimum absolute atomic E-state index is 0.0341. The van der Waals surface area contributed by atoms with Crippen molar-refractivity contribution in [3.63, 3.8) is 0 Å². The number of aromatic nitrogens is 2. The Hall–Kier alpha value is -2.16. The monoisotopic (exact) mass is 523 g/mol. The van der Waals surface area contributed by atoms with Crippen LogP contribution in [0.15, 0.2) is 36.7 Å². The molecule has 0 bridgehead atoms. The van der Waals surface area contributed by atoms with Crippen molar-refractivity contribution >= 4 is 49.9 Å². The first-order valence-electron chi connectivity index (χ1n) is 10.6. The lowest BCUT2D eigenvalue weighted by atomic mass is 10.1. The second-order valence-electron chi connectivity index (χ2n) is 7.54. The highest BCUT2D eigenvalue weighted by Gasteiger charge is 2.20. The van der Waals surface area contributed by atoms with E-state index in [2.05, 4.69) is 38.1 Å². The van der Waals surface area contributed by atoms with E-state index in [1.165, 1.54) is 18.5 Å². The molecule has 1 N–H and O–H groups in total. The van der Waals surface area contributed by atoms with Crippen molar-refractivity contribution in [3.8, 4) is 11.5 Å². The van der Waals surface area contributed by atoms with Gasteiger partial charge in [-0.3, -0.25) is 0 Å². The second kappa shape index (κ2) is 10.6. The molecule has 1 atom stereocenters. The molecule has 1 unspecified atom stereocenters. The zero-order valence-electron chi connectivity index (χ0n) is 17.6. The van der Waals surface area contributed by atoms with Crippen molar-refractivity contribution in [1.82, 2.24) is 9.97 Å². The lowest BCUT2D eigenvalue weighted by Crippen LogP contribution is -2.26. The Balaban J connectivity index is 1.70. The van der Waals surface area contributed by atoms with Gasteiger partial charge in [0.2, 0.25) is 0 Å². The molecule has 0 radical (unpaired) electrons. The number of alkyl halides is 1. The zero-order chi connectivity index (χ0) is 22.5. The summed E-state index contributed by atoms with van der Waals surface area (Å²) < 4.78 is 31.5. The first kappa shape index (κ1) is 23.0. The minimum Gasteiger partial charge on any atom is -0.486 e. The highest BCUT2D eigenvalue weighted by molar-refractivity contribution is 9.09. The molecule has 0 aliphatic carbocycles. The van der Waals surface area contributed by atoms with Gasteiger partial charge in [-0.05, 0) is 46.6 Å². The van der Waals surface area contributed by atoms with E-state index in [9.17, 15) is 4.39 Å². The summed E-state index contributed by atoms with van der Waals surface area (Å²) >= 11 is 9.51. The molecule has 2 aromatic carbocycles. The number of ether oxygens (including phenoxy) is 3. The van der Waals surface area contributed by atoms with E-state index in [0.717, 1.165) is 31.1 Å². The number of rotatable bonds is 8. The molecule has 0 amide bonds. The van der Waals surface area contributed by atoms with Crippen molar-refractivity contribution in [2.24, 2.45) is 0 Å². The topological polar surface area (TPSA) is 65.5 Å². The van der Waals surface area contributed by atoms with E-state index in [-0.39, 0.29) is 16.1 Å². The smallest absolute Gasteiger partial charge is 0.165 e. The molecule has 3 aromatic rings. The van der Waals surface area contributed by atoms with Gasteiger partial charge in [0.05, 0.1) is 23.8 Å². The predicted octanol–water partition coefficient (Wildman–Crippen LogP) is 6.62. The van der Waals surface area contributed by atoms with Crippen molar-refractivity contribution in [1.29, 1.82) is 0 Å². The maximum Gasteiger partial charge on any atom is 0.165 e. The Labute approximate surface area is 199 Å². The number of nitrogens with one attached hydrogen (secondary N) is 1. The summed E-state index contributed by atoms with van der Waals surface area (Å²) in [5.74, 6) is 1.33. The number of fused-ring (bicyclic) bond motifs is 1. The molecule has 6 nitrogen and oxygen atoms in total. The molecule has 2 heterocycles. The van der Waals surface area contributed by atoms with Crippen molar-refractivity contribution in [2.45, 2.75) is 43.7 Å². The van der Waals surface area contributed by atoms with Crippen LogP contribution in [-0.4, -0.2) is 34.3 Å². The lowest BCUT2D eigenvalue weighted by molar-refractivity contribution is 0.0242. The third-order valence-electron chi connectivity index (χ3n) is 5.12. The lowest BCUT2D eigenvalue weighted by Gasteiger charge is -2.25. The van der Waals surface area contributed by atoms with Crippen LogP contribution in [0.25, 0.3) is 10.9 Å². The normalized spacial score (nSPS) is 15.5. The van der Waals surface area contributed by atoms with Gasteiger partial charge < -0.3 is 19.5 Å². The summed E-state index contributed by atoms with van der Waals surface area (Å²) in [5.41, 5.74) is 1.31. The molecule has 9 heteroatoms. The quantitative estimate of drug-likeness (QED) is 0.334. The summed E-state index contributed by atoms with van der Waals surface area (Å²) in [6.45, 7) is 3.45. The van der Waals surface area contributed by atoms with Crippen LogP contribution in [0, 0.1) is 5.82 Å². The molecule has 1 saturated heterocycles. The van der Waals surface area contributed by atoms with E-state index in [1.807, 2.05) is 12.1 Å². The average molecular weight is 525 g/mol. The van der Waals surface area contributed by atoms with Crippen LogP contribution in [-0.2, 0) is 4.74 Å². The molecule has 1 aliphatic heterocycles. The fourth-order valence-corrected chi connectivity index (χ4v) is 4.30. The second-order valence-corrected chi connectivity index (χ2v) is 8.97. The first-order valence-corrected chi connectivity index (χ1v) is 11.9. The molecule has 32 heavy (non-hydrogen) atoms. The van der Waals surface area contributed by atoms with E-state index in [1.54, 1.807) is 6.07 Å². The molecule has 4 rings (SSSR count). The fourth-order valence-electron chi connectivity index (χ4n) is 3.46. The van der Waals surface area contributed by atoms with Gasteiger partial charge in [-0.25, -0.2) is 14.4 Å². The summed E-state index contributed by atoms with van der Waals surface area (Å²) in [6.07, 6.45) is 4.98. The van der Waals surface area contributed by atoms with Gasteiger partial charge in [0.1, 0.15) is 24.1 Å². The van der Waals surface area contributed by atoms with Crippen LogP contribution < -0.4 is 14.8 Å². The van der Waals surface area contributed by atoms with Gasteiger partial charge in [0, 0.05) is 30.0 Å². The highest BCUT2D eigenvalue weighted by atomic mass is 79.9. The Kier molecular flexibility index (Phi) is 7.65. The Morgan fingerprint density at radius 1 is 1.22 bits per heavy atom. The summed E-state index contributed by atoms with van der Waals surface area (Å²) in [7, 11) is 0. The van der Waals surface area contributed by atoms with Crippen LogP contribution >= 0.6 is 27.5 Å². The molecular weight excluding hydrogens is 501 g/mol. The zero-order valence-corrected chi connectivity index (χ0v) is 20.0. The van der Waals surface area contributed by atoms with Gasteiger partial charge >= 0.3 is 0 Å². The minimum atomic E-state index is -0.477. The molecule has 1 aliphatic rings. The molecule has 170 valence electrons. The molecule has 0 spiro atoms. The first-order chi connectivity index (χ1) is 15.5. The third-order valence-corrected chi connectivity index (χ3v) is 6.05. The summed E-state index contributed by atoms with van der Waals surface area (Å²) in [5, 5.41) is 3.85. The van der Waals surface area contributed by atoms with Crippen LogP contribution in [0.5, 0.6) is 11.5 Å². The maximum absolute atomic E-state index is 13.5. The summed E-state index contributed by atoms with van der Waals surface area (Å²) in [4.78, 5) is 8.79. The van der Waals surface area contributed by atoms with Crippen LogP contribution in [0.3, 0.4) is 0 Å². The number of nitrogens with zero attached hydrogens (tertiary/aromatic N) is 2. The fraction of sp³-hybridized carbons (Fsp3) is 0.391. The van der Waals surface area contributed by atoms with Crippen LogP contribution in [0.4, 0.5) is 15.9 Å².